The van der Waals surface area contributed by atoms with Crippen molar-refractivity contribution in [1.29, 1.82) is 0 Å². The van der Waals surface area contributed by atoms with E-state index < -0.39 is 0 Å². The maximum absolute atomic E-state index is 14.4. The fourth-order valence-corrected chi connectivity index (χ4v) is 7.10. The molecule has 0 bridgehead atoms. The van der Waals surface area contributed by atoms with Gasteiger partial charge < -0.3 is 9.47 Å². The van der Waals surface area contributed by atoms with E-state index in [2.05, 4.69) is 39.8 Å². The summed E-state index contributed by atoms with van der Waals surface area (Å²) in [7, 11) is 0. The molecule has 0 radical (unpaired) electrons. The molecule has 216 valence electrons. The summed E-state index contributed by atoms with van der Waals surface area (Å²) in [6, 6.07) is 21.6. The van der Waals surface area contributed by atoms with E-state index in [1.165, 1.54) is 9.27 Å². The topological polar surface area (TPSA) is 57.5 Å². The number of fused-ring (bicyclic) bond motifs is 2. The highest BCUT2D eigenvalue weighted by Gasteiger charge is 2.24. The van der Waals surface area contributed by atoms with Crippen molar-refractivity contribution in [2.75, 3.05) is 13.2 Å². The lowest BCUT2D eigenvalue weighted by Gasteiger charge is -2.21. The van der Waals surface area contributed by atoms with E-state index in [0.717, 1.165) is 51.9 Å². The van der Waals surface area contributed by atoms with Crippen molar-refractivity contribution in [3.63, 3.8) is 0 Å². The largest absolute Gasteiger partial charge is 0.491 e. The summed E-state index contributed by atoms with van der Waals surface area (Å²) < 4.78 is 16.2. The third-order valence-electron chi connectivity index (χ3n) is 8.83. The molecule has 0 amide bonds. The number of rotatable bonds is 11. The highest BCUT2D eigenvalue weighted by atomic mass is 32.1. The molecule has 0 aliphatic rings. The van der Waals surface area contributed by atoms with Crippen LogP contribution in [-0.4, -0.2) is 17.8 Å². The number of para-hydroxylation sites is 1. The van der Waals surface area contributed by atoms with Gasteiger partial charge in [-0.15, -0.1) is 11.3 Å². The quantitative estimate of drug-likeness (QED) is 0.114. The summed E-state index contributed by atoms with van der Waals surface area (Å²) in [5.41, 5.74) is -0.319. The van der Waals surface area contributed by atoms with Gasteiger partial charge in [-0.25, -0.2) is 4.57 Å². The minimum atomic E-state index is -0.356. The number of hydrogen-bond donors (Lipinski definition) is 0. The average molecular weight is 580 g/mol. The van der Waals surface area contributed by atoms with Crippen LogP contribution in [0.15, 0.2) is 76.3 Å². The van der Waals surface area contributed by atoms with Crippen molar-refractivity contribution in [2.45, 2.75) is 53.4 Å². The average Bonchev–Trinajstić information content (AvgIpc) is 3.02. The number of hydrogen-bond acceptors (Lipinski definition) is 5. The van der Waals surface area contributed by atoms with E-state index in [1.807, 2.05) is 54.6 Å². The van der Waals surface area contributed by atoms with Crippen LogP contribution in [0.25, 0.3) is 47.4 Å². The second kappa shape index (κ2) is 11.8. The van der Waals surface area contributed by atoms with Crippen LogP contribution in [0.3, 0.4) is 0 Å². The van der Waals surface area contributed by atoms with Gasteiger partial charge >= 0.3 is 0 Å². The van der Waals surface area contributed by atoms with Crippen molar-refractivity contribution < 1.29 is 9.47 Å². The van der Waals surface area contributed by atoms with Crippen LogP contribution in [0.2, 0.25) is 0 Å². The van der Waals surface area contributed by atoms with E-state index in [9.17, 15) is 9.59 Å². The lowest BCUT2D eigenvalue weighted by atomic mass is 9.97. The molecule has 6 rings (SSSR count). The molecule has 0 saturated heterocycles. The van der Waals surface area contributed by atoms with Crippen molar-refractivity contribution >= 4 is 53.1 Å². The number of ether oxygens (including phenoxy) is 2. The lowest BCUT2D eigenvalue weighted by molar-refractivity contribution is 0.228. The zero-order chi connectivity index (χ0) is 29.4. The van der Waals surface area contributed by atoms with Gasteiger partial charge in [0.15, 0.2) is 0 Å². The SMILES string of the molecule is CCC(CC)COc1cccc(OCC(CC)CC)c1-n1c(=O)c2ccc3sc4ccccc4c4ccc(c1=O)c2c34. The molecule has 4 aromatic carbocycles. The summed E-state index contributed by atoms with van der Waals surface area (Å²) in [4.78, 5) is 28.8. The summed E-state index contributed by atoms with van der Waals surface area (Å²) in [5.74, 6) is 1.72. The third-order valence-corrected chi connectivity index (χ3v) is 9.97. The molecular weight excluding hydrogens is 542 g/mol. The third kappa shape index (κ3) is 4.72. The van der Waals surface area contributed by atoms with E-state index >= 15 is 0 Å². The number of benzene rings is 4. The summed E-state index contributed by atoms with van der Waals surface area (Å²) in [6.07, 6.45) is 3.94. The van der Waals surface area contributed by atoms with E-state index in [-0.39, 0.29) is 11.1 Å². The highest BCUT2D eigenvalue weighted by Crippen LogP contribution is 2.40. The fraction of sp³-hybridized carbons (Fsp3) is 0.333. The molecular formula is C36H37NO4S. The highest BCUT2D eigenvalue weighted by molar-refractivity contribution is 7.25. The lowest BCUT2D eigenvalue weighted by Crippen LogP contribution is -2.33. The molecule has 6 aromatic rings. The van der Waals surface area contributed by atoms with E-state index in [0.29, 0.717) is 53.0 Å². The molecule has 0 saturated carbocycles. The summed E-state index contributed by atoms with van der Waals surface area (Å²) >= 11 is 1.68. The normalized spacial score (nSPS) is 12.0. The standard InChI is InChI=1S/C36H37NO4S/c1-5-22(6-2)20-40-28-13-11-14-29(41-21-23(7-3)8-4)34(28)37-35(38)26-17-16-25-24-12-9-10-15-30(24)42-31-19-18-27(36(37)39)32(26)33(25)31/h9-19,22-23H,5-8,20-21H2,1-4H3. The van der Waals surface area contributed by atoms with Crippen LogP contribution in [0.4, 0.5) is 0 Å². The van der Waals surface area contributed by atoms with Gasteiger partial charge in [0.2, 0.25) is 0 Å². The molecule has 0 aliphatic heterocycles. The Labute approximate surface area is 249 Å². The number of nitrogens with zero attached hydrogens (tertiary/aromatic N) is 1. The molecule has 0 fully saturated rings. The molecule has 5 nitrogen and oxygen atoms in total. The van der Waals surface area contributed by atoms with Gasteiger partial charge in [0.1, 0.15) is 17.2 Å². The number of aromatic nitrogens is 1. The van der Waals surface area contributed by atoms with Gasteiger partial charge in [0.05, 0.1) is 13.2 Å². The van der Waals surface area contributed by atoms with Gasteiger partial charge in [-0.05, 0) is 59.0 Å². The Kier molecular flexibility index (Phi) is 7.91. The number of pyridine rings is 1. The van der Waals surface area contributed by atoms with Gasteiger partial charge in [0.25, 0.3) is 11.1 Å². The minimum Gasteiger partial charge on any atom is -0.491 e. The van der Waals surface area contributed by atoms with Crippen LogP contribution < -0.4 is 20.6 Å². The zero-order valence-corrected chi connectivity index (χ0v) is 25.6. The maximum atomic E-state index is 14.4. The first kappa shape index (κ1) is 28.2. The molecule has 0 N–H and O–H groups in total. The molecule has 2 aromatic heterocycles. The molecule has 6 heteroatoms. The fourth-order valence-electron chi connectivity index (χ4n) is 5.98. The first-order chi connectivity index (χ1) is 20.5. The van der Waals surface area contributed by atoms with E-state index in [1.54, 1.807) is 11.3 Å². The van der Waals surface area contributed by atoms with Crippen molar-refractivity contribution in [1.82, 2.24) is 4.57 Å². The Morgan fingerprint density at radius 3 is 1.74 bits per heavy atom. The minimum absolute atomic E-state index is 0.356. The van der Waals surface area contributed by atoms with Crippen LogP contribution in [0.1, 0.15) is 53.4 Å². The Hall–Kier alpha value is -3.90. The van der Waals surface area contributed by atoms with Gasteiger partial charge in [0, 0.05) is 30.9 Å². The molecule has 42 heavy (non-hydrogen) atoms. The smallest absolute Gasteiger partial charge is 0.266 e. The Morgan fingerprint density at radius 2 is 1.14 bits per heavy atom. The maximum Gasteiger partial charge on any atom is 0.266 e. The molecule has 0 unspecified atom stereocenters. The van der Waals surface area contributed by atoms with Crippen LogP contribution >= 0.6 is 11.3 Å². The van der Waals surface area contributed by atoms with E-state index in [4.69, 9.17) is 9.47 Å². The van der Waals surface area contributed by atoms with Crippen molar-refractivity contribution in [2.24, 2.45) is 11.8 Å². The van der Waals surface area contributed by atoms with Gasteiger partial charge in [-0.2, -0.15) is 0 Å². The Bertz CT molecular complexity index is 1930. The second-order valence-electron chi connectivity index (χ2n) is 11.2. The Morgan fingerprint density at radius 1 is 0.595 bits per heavy atom. The zero-order valence-electron chi connectivity index (χ0n) is 24.7. The first-order valence-electron chi connectivity index (χ1n) is 15.1. The van der Waals surface area contributed by atoms with Gasteiger partial charge in [-0.1, -0.05) is 83.7 Å². The molecule has 0 aliphatic carbocycles. The van der Waals surface area contributed by atoms with Crippen LogP contribution in [0, 0.1) is 11.8 Å². The molecule has 2 heterocycles. The molecule has 0 spiro atoms. The van der Waals surface area contributed by atoms with Gasteiger partial charge in [-0.3, -0.25) is 9.59 Å². The molecule has 0 atom stereocenters. The van der Waals surface area contributed by atoms with Crippen molar-refractivity contribution in [3.8, 4) is 17.2 Å². The predicted molar refractivity (Wildman–Crippen MR) is 177 cm³/mol. The Balaban J connectivity index is 1.62. The first-order valence-corrected chi connectivity index (χ1v) is 16.0. The summed E-state index contributed by atoms with van der Waals surface area (Å²) in [5, 5.41) is 4.92. The van der Waals surface area contributed by atoms with Crippen LogP contribution in [0.5, 0.6) is 11.5 Å². The summed E-state index contributed by atoms with van der Waals surface area (Å²) in [6.45, 7) is 9.60. The predicted octanol–water partition coefficient (Wildman–Crippen LogP) is 8.94. The van der Waals surface area contributed by atoms with Crippen molar-refractivity contribution in [3.05, 3.63) is 87.4 Å². The second-order valence-corrected chi connectivity index (χ2v) is 12.2. The monoisotopic (exact) mass is 579 g/mol. The van der Waals surface area contributed by atoms with Crippen LogP contribution in [-0.2, 0) is 0 Å².